The third kappa shape index (κ3) is 3.59. The van der Waals surface area contributed by atoms with Crippen LogP contribution in [0.3, 0.4) is 0 Å². The molecule has 1 atom stereocenters. The van der Waals surface area contributed by atoms with Gasteiger partial charge in [0.25, 0.3) is 11.8 Å². The molecule has 2 amide bonds. The predicted molar refractivity (Wildman–Crippen MR) is 78.5 cm³/mol. The molecule has 0 aliphatic carbocycles. The summed E-state index contributed by atoms with van der Waals surface area (Å²) in [4.78, 5) is 24.8. The van der Waals surface area contributed by atoms with E-state index in [0.717, 1.165) is 18.5 Å². The van der Waals surface area contributed by atoms with Crippen LogP contribution in [0.5, 0.6) is 0 Å². The van der Waals surface area contributed by atoms with Crippen molar-refractivity contribution < 1.29 is 14.7 Å². The van der Waals surface area contributed by atoms with Gasteiger partial charge in [0.15, 0.2) is 5.60 Å². The number of likely N-dealkylation sites (tertiary alicyclic amines) is 1. The van der Waals surface area contributed by atoms with E-state index in [4.69, 9.17) is 5.73 Å². The van der Waals surface area contributed by atoms with E-state index in [1.165, 1.54) is 0 Å². The molecule has 0 unspecified atom stereocenters. The topological polar surface area (TPSA) is 95.7 Å². The summed E-state index contributed by atoms with van der Waals surface area (Å²) in [5.74, 6) is -0.787. The molecule has 1 aliphatic heterocycles. The number of carbonyl (C=O) groups excluding carboxylic acids is 2. The maximum absolute atomic E-state index is 11.5. The van der Waals surface area contributed by atoms with Crippen molar-refractivity contribution in [3.63, 3.8) is 0 Å². The van der Waals surface area contributed by atoms with Gasteiger partial charge in [-0.25, -0.2) is 0 Å². The van der Waals surface area contributed by atoms with Crippen molar-refractivity contribution in [1.82, 2.24) is 10.2 Å². The molecule has 0 aromatic heterocycles. The molecule has 1 fully saturated rings. The Morgan fingerprint density at radius 3 is 2.62 bits per heavy atom. The van der Waals surface area contributed by atoms with Gasteiger partial charge in [-0.3, -0.25) is 14.5 Å². The molecule has 1 aromatic carbocycles. The molecule has 1 heterocycles. The average molecular weight is 291 g/mol. The Morgan fingerprint density at radius 1 is 1.38 bits per heavy atom. The number of amides is 2. The second kappa shape index (κ2) is 6.24. The van der Waals surface area contributed by atoms with Gasteiger partial charge in [-0.2, -0.15) is 0 Å². The van der Waals surface area contributed by atoms with Gasteiger partial charge in [0.2, 0.25) is 0 Å². The maximum atomic E-state index is 11.5. The normalized spacial score (nSPS) is 22.8. The molecule has 4 N–H and O–H groups in total. The summed E-state index contributed by atoms with van der Waals surface area (Å²) in [7, 11) is 1.59. The SMILES string of the molecule is CNC(=O)c1ccc(CN2CCC[C@@](O)(C(N)=O)C2)cc1. The van der Waals surface area contributed by atoms with Crippen LogP contribution in [0.15, 0.2) is 24.3 Å². The highest BCUT2D eigenvalue weighted by atomic mass is 16.3. The van der Waals surface area contributed by atoms with Crippen LogP contribution in [0.2, 0.25) is 0 Å². The lowest BCUT2D eigenvalue weighted by Gasteiger charge is -2.37. The molecule has 21 heavy (non-hydrogen) atoms. The first-order chi connectivity index (χ1) is 9.94. The number of nitrogens with zero attached hydrogens (tertiary/aromatic N) is 1. The van der Waals surface area contributed by atoms with Gasteiger partial charge < -0.3 is 16.2 Å². The van der Waals surface area contributed by atoms with Gasteiger partial charge in [0.05, 0.1) is 0 Å². The smallest absolute Gasteiger partial charge is 0.251 e. The summed E-state index contributed by atoms with van der Waals surface area (Å²) in [6.45, 7) is 1.68. The van der Waals surface area contributed by atoms with Crippen molar-refractivity contribution in [2.75, 3.05) is 20.1 Å². The Kier molecular flexibility index (Phi) is 4.59. The minimum absolute atomic E-state index is 0.123. The van der Waals surface area contributed by atoms with Gasteiger partial charge in [-0.05, 0) is 37.1 Å². The largest absolute Gasteiger partial charge is 0.379 e. The third-order valence-corrected chi connectivity index (χ3v) is 3.86. The molecule has 0 saturated carbocycles. The fraction of sp³-hybridized carbons (Fsp3) is 0.467. The van der Waals surface area contributed by atoms with Crippen molar-refractivity contribution in [3.05, 3.63) is 35.4 Å². The van der Waals surface area contributed by atoms with Gasteiger partial charge in [-0.15, -0.1) is 0 Å². The number of β-amino-alcohol motifs (C(OH)–C–C–N with tert-alkyl or cyclic N) is 1. The lowest BCUT2D eigenvalue weighted by atomic mass is 9.92. The predicted octanol–water partition coefficient (Wildman–Crippen LogP) is -0.142. The minimum Gasteiger partial charge on any atom is -0.379 e. The zero-order valence-corrected chi connectivity index (χ0v) is 12.1. The molecule has 6 nitrogen and oxygen atoms in total. The Hall–Kier alpha value is -1.92. The van der Waals surface area contributed by atoms with Crippen LogP contribution in [0.1, 0.15) is 28.8 Å². The Morgan fingerprint density at radius 2 is 2.05 bits per heavy atom. The second-order valence-corrected chi connectivity index (χ2v) is 5.49. The van der Waals surface area contributed by atoms with Crippen LogP contribution < -0.4 is 11.1 Å². The summed E-state index contributed by atoms with van der Waals surface area (Å²) in [6, 6.07) is 7.28. The lowest BCUT2D eigenvalue weighted by Crippen LogP contribution is -2.55. The van der Waals surface area contributed by atoms with E-state index >= 15 is 0 Å². The van der Waals surface area contributed by atoms with Gasteiger partial charge in [0, 0.05) is 25.7 Å². The third-order valence-electron chi connectivity index (χ3n) is 3.86. The van der Waals surface area contributed by atoms with E-state index in [-0.39, 0.29) is 12.5 Å². The summed E-state index contributed by atoms with van der Waals surface area (Å²) in [5, 5.41) is 12.7. The Bertz CT molecular complexity index is 529. The number of aliphatic hydroxyl groups is 1. The molecule has 0 bridgehead atoms. The molecule has 6 heteroatoms. The van der Waals surface area contributed by atoms with Gasteiger partial charge in [-0.1, -0.05) is 12.1 Å². The summed E-state index contributed by atoms with van der Waals surface area (Å²) < 4.78 is 0. The van der Waals surface area contributed by atoms with Crippen molar-refractivity contribution in [2.45, 2.75) is 25.0 Å². The first kappa shape index (κ1) is 15.5. The molecule has 0 spiro atoms. The van der Waals surface area contributed by atoms with Gasteiger partial charge >= 0.3 is 0 Å². The van der Waals surface area contributed by atoms with E-state index in [2.05, 4.69) is 5.32 Å². The zero-order chi connectivity index (χ0) is 15.5. The number of rotatable bonds is 4. The van der Waals surface area contributed by atoms with Crippen LogP contribution in [0, 0.1) is 0 Å². The first-order valence-electron chi connectivity index (χ1n) is 7.00. The summed E-state index contributed by atoms with van der Waals surface area (Å²) in [5.41, 5.74) is 5.46. The minimum atomic E-state index is -1.43. The highest BCUT2D eigenvalue weighted by molar-refractivity contribution is 5.93. The molecule has 0 radical (unpaired) electrons. The molecule has 2 rings (SSSR count). The molecule has 1 aliphatic rings. The Balaban J connectivity index is 2.01. The standard InChI is InChI=1S/C15H21N3O3/c1-17-13(19)12-5-3-11(4-6-12)9-18-8-2-7-15(21,10-18)14(16)20/h3-6,21H,2,7-10H2,1H3,(H2,16,20)(H,17,19)/t15-/m0/s1. The van der Waals surface area contributed by atoms with E-state index in [1.807, 2.05) is 17.0 Å². The second-order valence-electron chi connectivity index (χ2n) is 5.49. The average Bonchev–Trinajstić information content (AvgIpc) is 2.47. The number of benzene rings is 1. The van der Waals surface area contributed by atoms with Gasteiger partial charge in [0.1, 0.15) is 0 Å². The van der Waals surface area contributed by atoms with E-state index in [1.54, 1.807) is 19.2 Å². The Labute approximate surface area is 123 Å². The van der Waals surface area contributed by atoms with Crippen LogP contribution in [-0.4, -0.2) is 47.6 Å². The molecular weight excluding hydrogens is 270 g/mol. The van der Waals surface area contributed by atoms with Crippen LogP contribution in [-0.2, 0) is 11.3 Å². The van der Waals surface area contributed by atoms with Crippen LogP contribution in [0.4, 0.5) is 0 Å². The molecule has 1 aromatic rings. The quantitative estimate of drug-likeness (QED) is 0.719. The molecule has 114 valence electrons. The number of primary amides is 1. The maximum Gasteiger partial charge on any atom is 0.251 e. The molecular formula is C15H21N3O3. The van der Waals surface area contributed by atoms with E-state index in [9.17, 15) is 14.7 Å². The summed E-state index contributed by atoms with van der Waals surface area (Å²) in [6.07, 6.45) is 1.14. The van der Waals surface area contributed by atoms with Crippen molar-refractivity contribution in [1.29, 1.82) is 0 Å². The number of hydrogen-bond acceptors (Lipinski definition) is 4. The first-order valence-corrected chi connectivity index (χ1v) is 7.00. The van der Waals surface area contributed by atoms with Crippen LogP contribution >= 0.6 is 0 Å². The summed E-state index contributed by atoms with van der Waals surface area (Å²) >= 11 is 0. The van der Waals surface area contributed by atoms with E-state index < -0.39 is 11.5 Å². The van der Waals surface area contributed by atoms with E-state index in [0.29, 0.717) is 18.5 Å². The fourth-order valence-electron chi connectivity index (χ4n) is 2.62. The molecule has 1 saturated heterocycles. The number of nitrogens with one attached hydrogen (secondary N) is 1. The zero-order valence-electron chi connectivity index (χ0n) is 12.1. The van der Waals surface area contributed by atoms with Crippen molar-refractivity contribution >= 4 is 11.8 Å². The van der Waals surface area contributed by atoms with Crippen molar-refractivity contribution in [3.8, 4) is 0 Å². The highest BCUT2D eigenvalue weighted by Crippen LogP contribution is 2.22. The highest BCUT2D eigenvalue weighted by Gasteiger charge is 2.38. The van der Waals surface area contributed by atoms with Crippen molar-refractivity contribution in [2.24, 2.45) is 5.73 Å². The number of piperidine rings is 1. The lowest BCUT2D eigenvalue weighted by molar-refractivity contribution is -0.142. The number of nitrogens with two attached hydrogens (primary N) is 1. The number of hydrogen-bond donors (Lipinski definition) is 3. The fourth-order valence-corrected chi connectivity index (χ4v) is 2.62. The monoisotopic (exact) mass is 291 g/mol. The number of carbonyl (C=O) groups is 2. The van der Waals surface area contributed by atoms with Crippen LogP contribution in [0.25, 0.3) is 0 Å².